The molecule has 0 unspecified atom stereocenters. The molecule has 0 aromatic heterocycles. The van der Waals surface area contributed by atoms with E-state index >= 15 is 0 Å². The molecule has 3 nitrogen and oxygen atoms in total. The van der Waals surface area contributed by atoms with Gasteiger partial charge < -0.3 is 10.1 Å². The maximum Gasteiger partial charge on any atom is 0.422 e. The lowest BCUT2D eigenvalue weighted by atomic mass is 10.1. The van der Waals surface area contributed by atoms with Crippen LogP contribution in [0.1, 0.15) is 12.5 Å². The minimum atomic E-state index is -4.30. The standard InChI is InChI=1S/C14H19F3N2O.ClH/c1-11-8-18-5-6-19(11)9-12-3-2-4-13(7-12)20-10-14(15,16)17;/h2-4,7,11,18H,5-6,8-10H2,1H3;1H/t11-;/m1./s1. The molecular weight excluding hydrogens is 305 g/mol. The third-order valence-electron chi connectivity index (χ3n) is 3.33. The lowest BCUT2D eigenvalue weighted by molar-refractivity contribution is -0.153. The topological polar surface area (TPSA) is 24.5 Å². The zero-order valence-corrected chi connectivity index (χ0v) is 12.6. The van der Waals surface area contributed by atoms with Crippen LogP contribution in [0.4, 0.5) is 13.2 Å². The van der Waals surface area contributed by atoms with Crippen LogP contribution in [0.5, 0.6) is 5.75 Å². The maximum absolute atomic E-state index is 12.1. The van der Waals surface area contributed by atoms with E-state index in [0.29, 0.717) is 6.04 Å². The second-order valence-corrected chi connectivity index (χ2v) is 5.07. The average molecular weight is 325 g/mol. The predicted octanol–water partition coefficient (Wildman–Crippen LogP) is 2.84. The summed E-state index contributed by atoms with van der Waals surface area (Å²) in [6, 6.07) is 7.29. The Labute approximate surface area is 128 Å². The summed E-state index contributed by atoms with van der Waals surface area (Å²) in [6.45, 7) is 4.43. The van der Waals surface area contributed by atoms with Gasteiger partial charge in [0.05, 0.1) is 0 Å². The Kier molecular flexibility index (Phi) is 6.77. The number of rotatable bonds is 4. The molecule has 0 saturated carbocycles. The fourth-order valence-corrected chi connectivity index (χ4v) is 2.25. The van der Waals surface area contributed by atoms with Crippen LogP contribution in [0.25, 0.3) is 0 Å². The monoisotopic (exact) mass is 324 g/mol. The lowest BCUT2D eigenvalue weighted by Gasteiger charge is -2.33. The first-order valence-electron chi connectivity index (χ1n) is 6.67. The van der Waals surface area contributed by atoms with Gasteiger partial charge in [0, 0.05) is 32.2 Å². The molecule has 1 aliphatic heterocycles. The highest BCUT2D eigenvalue weighted by Gasteiger charge is 2.28. The Balaban J connectivity index is 0.00000220. The molecule has 1 aromatic carbocycles. The number of nitrogens with one attached hydrogen (secondary N) is 1. The summed E-state index contributed by atoms with van der Waals surface area (Å²) >= 11 is 0. The van der Waals surface area contributed by atoms with Crippen molar-refractivity contribution in [3.05, 3.63) is 29.8 Å². The second-order valence-electron chi connectivity index (χ2n) is 5.07. The first-order valence-corrected chi connectivity index (χ1v) is 6.67. The summed E-state index contributed by atoms with van der Waals surface area (Å²) in [5.41, 5.74) is 0.971. The normalized spacial score (nSPS) is 19.9. The molecule has 1 saturated heterocycles. The number of halogens is 4. The minimum Gasteiger partial charge on any atom is -0.484 e. The smallest absolute Gasteiger partial charge is 0.422 e. The minimum absolute atomic E-state index is 0. The van der Waals surface area contributed by atoms with Crippen molar-refractivity contribution in [1.29, 1.82) is 0 Å². The van der Waals surface area contributed by atoms with Gasteiger partial charge in [-0.15, -0.1) is 12.4 Å². The number of piperazine rings is 1. The van der Waals surface area contributed by atoms with Gasteiger partial charge in [-0.2, -0.15) is 13.2 Å². The number of hydrogen-bond acceptors (Lipinski definition) is 3. The van der Waals surface area contributed by atoms with Crippen molar-refractivity contribution in [3.63, 3.8) is 0 Å². The first kappa shape index (κ1) is 18.1. The Morgan fingerprint density at radius 3 is 2.81 bits per heavy atom. The number of hydrogen-bond donors (Lipinski definition) is 1. The molecule has 1 aromatic rings. The average Bonchev–Trinajstić information content (AvgIpc) is 2.39. The van der Waals surface area contributed by atoms with Gasteiger partial charge in [0.2, 0.25) is 0 Å². The number of ether oxygens (including phenoxy) is 1. The highest BCUT2D eigenvalue weighted by Crippen LogP contribution is 2.20. The molecule has 2 rings (SSSR count). The van der Waals surface area contributed by atoms with Gasteiger partial charge in [0.25, 0.3) is 0 Å². The van der Waals surface area contributed by atoms with E-state index in [2.05, 4.69) is 17.1 Å². The summed E-state index contributed by atoms with van der Waals surface area (Å²) in [7, 11) is 0. The summed E-state index contributed by atoms with van der Waals surface area (Å²) in [4.78, 5) is 2.30. The summed E-state index contributed by atoms with van der Waals surface area (Å²) in [6.07, 6.45) is -4.30. The Bertz CT molecular complexity index is 442. The van der Waals surface area contributed by atoms with Crippen LogP contribution in [0.3, 0.4) is 0 Å². The highest BCUT2D eigenvalue weighted by atomic mass is 35.5. The lowest BCUT2D eigenvalue weighted by Crippen LogP contribution is -2.49. The molecule has 7 heteroatoms. The number of benzene rings is 1. The second kappa shape index (κ2) is 7.87. The fourth-order valence-electron chi connectivity index (χ4n) is 2.25. The summed E-state index contributed by atoms with van der Waals surface area (Å²) in [5, 5.41) is 3.31. The molecule has 1 aliphatic rings. The van der Waals surface area contributed by atoms with Crippen LogP contribution in [0.2, 0.25) is 0 Å². The van der Waals surface area contributed by atoms with Crippen molar-refractivity contribution >= 4 is 12.4 Å². The van der Waals surface area contributed by atoms with E-state index in [-0.39, 0.29) is 18.2 Å². The van der Waals surface area contributed by atoms with Gasteiger partial charge in [-0.25, -0.2) is 0 Å². The number of alkyl halides is 3. The highest BCUT2D eigenvalue weighted by molar-refractivity contribution is 5.85. The quantitative estimate of drug-likeness (QED) is 0.921. The molecule has 0 spiro atoms. The largest absolute Gasteiger partial charge is 0.484 e. The van der Waals surface area contributed by atoms with Gasteiger partial charge in [-0.1, -0.05) is 12.1 Å². The molecule has 120 valence electrons. The molecule has 0 radical (unpaired) electrons. The van der Waals surface area contributed by atoms with E-state index in [1.165, 1.54) is 0 Å². The van der Waals surface area contributed by atoms with E-state index in [9.17, 15) is 13.2 Å². The van der Waals surface area contributed by atoms with Crippen LogP contribution < -0.4 is 10.1 Å². The van der Waals surface area contributed by atoms with Crippen molar-refractivity contribution in [3.8, 4) is 5.75 Å². The molecular formula is C14H20ClF3N2O. The Morgan fingerprint density at radius 2 is 2.14 bits per heavy atom. The van der Waals surface area contributed by atoms with Crippen LogP contribution in [0, 0.1) is 0 Å². The molecule has 1 atom stereocenters. The van der Waals surface area contributed by atoms with Crippen molar-refractivity contribution < 1.29 is 17.9 Å². The first-order chi connectivity index (χ1) is 9.44. The van der Waals surface area contributed by atoms with Crippen molar-refractivity contribution in [2.75, 3.05) is 26.2 Å². The van der Waals surface area contributed by atoms with Crippen molar-refractivity contribution in [2.24, 2.45) is 0 Å². The molecule has 21 heavy (non-hydrogen) atoms. The Morgan fingerprint density at radius 1 is 1.38 bits per heavy atom. The third kappa shape index (κ3) is 6.11. The van der Waals surface area contributed by atoms with E-state index in [4.69, 9.17) is 4.74 Å². The van der Waals surface area contributed by atoms with Gasteiger partial charge in [0.15, 0.2) is 6.61 Å². The van der Waals surface area contributed by atoms with E-state index < -0.39 is 12.8 Å². The zero-order valence-electron chi connectivity index (χ0n) is 11.8. The van der Waals surface area contributed by atoms with E-state index in [0.717, 1.165) is 31.7 Å². The third-order valence-corrected chi connectivity index (χ3v) is 3.33. The van der Waals surface area contributed by atoms with Crippen molar-refractivity contribution in [1.82, 2.24) is 10.2 Å². The van der Waals surface area contributed by atoms with Crippen LogP contribution >= 0.6 is 12.4 Å². The summed E-state index contributed by atoms with van der Waals surface area (Å²) in [5.74, 6) is 0.266. The van der Waals surface area contributed by atoms with Gasteiger partial charge in [0.1, 0.15) is 5.75 Å². The molecule has 1 N–H and O–H groups in total. The molecule has 0 aliphatic carbocycles. The van der Waals surface area contributed by atoms with Gasteiger partial charge >= 0.3 is 6.18 Å². The molecule has 1 fully saturated rings. The van der Waals surface area contributed by atoms with Gasteiger partial charge in [-0.05, 0) is 24.6 Å². The SMILES string of the molecule is C[C@@H]1CNCCN1Cc1cccc(OCC(F)(F)F)c1.Cl. The predicted molar refractivity (Wildman–Crippen MR) is 78.0 cm³/mol. The molecule has 0 amide bonds. The van der Waals surface area contributed by atoms with Crippen LogP contribution in [-0.4, -0.2) is 43.4 Å². The number of nitrogens with zero attached hydrogens (tertiary/aromatic N) is 1. The zero-order chi connectivity index (χ0) is 14.6. The van der Waals surface area contributed by atoms with Crippen molar-refractivity contribution in [2.45, 2.75) is 25.7 Å². The van der Waals surface area contributed by atoms with E-state index in [1.54, 1.807) is 18.2 Å². The van der Waals surface area contributed by atoms with Crippen LogP contribution in [-0.2, 0) is 6.54 Å². The van der Waals surface area contributed by atoms with Crippen LogP contribution in [0.15, 0.2) is 24.3 Å². The van der Waals surface area contributed by atoms with E-state index in [1.807, 2.05) is 6.07 Å². The van der Waals surface area contributed by atoms with Gasteiger partial charge in [-0.3, -0.25) is 4.90 Å². The fraction of sp³-hybridized carbons (Fsp3) is 0.571. The Hall–Kier alpha value is -0.980. The summed E-state index contributed by atoms with van der Waals surface area (Å²) < 4.78 is 41.1. The maximum atomic E-state index is 12.1. The molecule has 1 heterocycles. The molecule has 0 bridgehead atoms.